The number of rotatable bonds is 3. The molecule has 1 unspecified atom stereocenters. The van der Waals surface area contributed by atoms with Crippen molar-refractivity contribution in [3.8, 4) is 5.75 Å². The van der Waals surface area contributed by atoms with Gasteiger partial charge in [0.25, 0.3) is 0 Å². The van der Waals surface area contributed by atoms with Crippen molar-refractivity contribution in [2.75, 3.05) is 11.5 Å². The number of sulfone groups is 1. The summed E-state index contributed by atoms with van der Waals surface area (Å²) >= 11 is 0. The Morgan fingerprint density at radius 3 is 2.47 bits per heavy atom. The van der Waals surface area contributed by atoms with E-state index in [-0.39, 0.29) is 23.7 Å². The summed E-state index contributed by atoms with van der Waals surface area (Å²) in [5.74, 6) is 1.06. The molecule has 1 aromatic carbocycles. The third-order valence-corrected chi connectivity index (χ3v) is 4.64. The molecule has 0 spiro atoms. The van der Waals surface area contributed by atoms with E-state index >= 15 is 0 Å². The Morgan fingerprint density at radius 2 is 2.00 bits per heavy atom. The van der Waals surface area contributed by atoms with Gasteiger partial charge in [-0.15, -0.1) is 0 Å². The molecule has 4 nitrogen and oxygen atoms in total. The largest absolute Gasteiger partial charge is 0.489 e. The zero-order valence-corrected chi connectivity index (χ0v) is 10.6. The third-order valence-electron chi connectivity index (χ3n) is 2.90. The zero-order chi connectivity index (χ0) is 12.5. The third kappa shape index (κ3) is 3.20. The van der Waals surface area contributed by atoms with Gasteiger partial charge < -0.3 is 10.5 Å². The first-order valence-electron chi connectivity index (χ1n) is 5.69. The van der Waals surface area contributed by atoms with E-state index in [1.54, 1.807) is 0 Å². The molecule has 1 aliphatic heterocycles. The van der Waals surface area contributed by atoms with Crippen LogP contribution >= 0.6 is 0 Å². The van der Waals surface area contributed by atoms with Crippen LogP contribution in [0, 0.1) is 0 Å². The van der Waals surface area contributed by atoms with E-state index in [1.165, 1.54) is 0 Å². The smallest absolute Gasteiger partial charge is 0.154 e. The Bertz CT molecular complexity index is 479. The minimum Gasteiger partial charge on any atom is -0.489 e. The van der Waals surface area contributed by atoms with Gasteiger partial charge in [0, 0.05) is 6.04 Å². The van der Waals surface area contributed by atoms with E-state index in [1.807, 2.05) is 31.2 Å². The molecule has 2 atom stereocenters. The number of hydrogen-bond acceptors (Lipinski definition) is 4. The second kappa shape index (κ2) is 4.66. The fraction of sp³-hybridized carbons (Fsp3) is 0.500. The quantitative estimate of drug-likeness (QED) is 0.883. The van der Waals surface area contributed by atoms with Crippen LogP contribution in [-0.2, 0) is 9.84 Å². The minimum atomic E-state index is -2.88. The predicted molar refractivity (Wildman–Crippen MR) is 66.7 cm³/mol. The molecular formula is C12H17NO3S. The normalized spacial score (nSPS) is 24.5. The van der Waals surface area contributed by atoms with Crippen molar-refractivity contribution in [2.24, 2.45) is 5.73 Å². The summed E-state index contributed by atoms with van der Waals surface area (Å²) in [5.41, 5.74) is 6.78. The van der Waals surface area contributed by atoms with Gasteiger partial charge in [0.05, 0.1) is 11.5 Å². The first-order chi connectivity index (χ1) is 7.96. The van der Waals surface area contributed by atoms with Crippen LogP contribution in [-0.4, -0.2) is 26.0 Å². The molecule has 94 valence electrons. The predicted octanol–water partition coefficient (Wildman–Crippen LogP) is 1.27. The van der Waals surface area contributed by atoms with Crippen LogP contribution in [0.25, 0.3) is 0 Å². The molecular weight excluding hydrogens is 238 g/mol. The maximum Gasteiger partial charge on any atom is 0.154 e. The molecule has 1 aromatic rings. The van der Waals surface area contributed by atoms with Crippen molar-refractivity contribution in [1.82, 2.24) is 0 Å². The Kier molecular flexibility index (Phi) is 3.40. The molecule has 1 heterocycles. The second-order valence-corrected chi connectivity index (χ2v) is 6.73. The van der Waals surface area contributed by atoms with Crippen LogP contribution in [0.3, 0.4) is 0 Å². The fourth-order valence-electron chi connectivity index (χ4n) is 1.90. The Hall–Kier alpha value is -1.07. The van der Waals surface area contributed by atoms with Crippen molar-refractivity contribution in [1.29, 1.82) is 0 Å². The van der Waals surface area contributed by atoms with Gasteiger partial charge in [0.2, 0.25) is 0 Å². The van der Waals surface area contributed by atoms with E-state index in [4.69, 9.17) is 10.5 Å². The molecule has 0 aromatic heterocycles. The Balaban J connectivity index is 2.00. The topological polar surface area (TPSA) is 69.4 Å². The van der Waals surface area contributed by atoms with E-state index < -0.39 is 9.84 Å². The number of nitrogens with two attached hydrogens (primary N) is 1. The minimum absolute atomic E-state index is 0.00379. The van der Waals surface area contributed by atoms with Gasteiger partial charge in [-0.05, 0) is 31.0 Å². The van der Waals surface area contributed by atoms with Gasteiger partial charge in [0.15, 0.2) is 9.84 Å². The molecule has 1 saturated heterocycles. The molecule has 2 rings (SSSR count). The summed E-state index contributed by atoms with van der Waals surface area (Å²) in [4.78, 5) is 0. The van der Waals surface area contributed by atoms with Crippen molar-refractivity contribution in [3.63, 3.8) is 0 Å². The van der Waals surface area contributed by atoms with E-state index in [9.17, 15) is 8.42 Å². The molecule has 0 amide bonds. The molecule has 0 bridgehead atoms. The summed E-state index contributed by atoms with van der Waals surface area (Å²) in [5, 5.41) is 0. The first-order valence-corrected chi connectivity index (χ1v) is 7.51. The van der Waals surface area contributed by atoms with Crippen molar-refractivity contribution < 1.29 is 13.2 Å². The highest BCUT2D eigenvalue weighted by Gasteiger charge is 2.29. The lowest BCUT2D eigenvalue weighted by Crippen LogP contribution is -2.17. The molecule has 0 aliphatic carbocycles. The molecule has 2 N–H and O–H groups in total. The van der Waals surface area contributed by atoms with Gasteiger partial charge in [-0.1, -0.05) is 12.1 Å². The van der Waals surface area contributed by atoms with E-state index in [2.05, 4.69) is 0 Å². The Morgan fingerprint density at radius 1 is 1.35 bits per heavy atom. The summed E-state index contributed by atoms with van der Waals surface area (Å²) in [6.45, 7) is 1.92. The van der Waals surface area contributed by atoms with Crippen LogP contribution in [0.2, 0.25) is 0 Å². The highest BCUT2D eigenvalue weighted by atomic mass is 32.2. The van der Waals surface area contributed by atoms with Gasteiger partial charge in [0.1, 0.15) is 11.9 Å². The summed E-state index contributed by atoms with van der Waals surface area (Å²) in [7, 11) is -2.88. The standard InChI is InChI=1S/C12H17NO3S/c1-9(13)10-2-4-11(5-3-10)16-12-6-7-17(14,15)8-12/h2-5,9,12H,6-8,13H2,1H3/t9-,12?/m0/s1. The van der Waals surface area contributed by atoms with Gasteiger partial charge in [-0.3, -0.25) is 0 Å². The molecule has 17 heavy (non-hydrogen) atoms. The highest BCUT2D eigenvalue weighted by molar-refractivity contribution is 7.91. The van der Waals surface area contributed by atoms with Gasteiger partial charge in [-0.2, -0.15) is 0 Å². The zero-order valence-electron chi connectivity index (χ0n) is 9.80. The molecule has 1 aliphatic rings. The number of benzene rings is 1. The average Bonchev–Trinajstić information content (AvgIpc) is 2.59. The van der Waals surface area contributed by atoms with Crippen LogP contribution < -0.4 is 10.5 Å². The monoisotopic (exact) mass is 255 g/mol. The van der Waals surface area contributed by atoms with Crippen molar-refractivity contribution in [3.05, 3.63) is 29.8 Å². The average molecular weight is 255 g/mol. The van der Waals surface area contributed by atoms with Crippen LogP contribution in [0.1, 0.15) is 24.9 Å². The SMILES string of the molecule is C[C@H](N)c1ccc(OC2CCS(=O)(=O)C2)cc1. The highest BCUT2D eigenvalue weighted by Crippen LogP contribution is 2.21. The van der Waals surface area contributed by atoms with E-state index in [0.717, 1.165) is 5.56 Å². The van der Waals surface area contributed by atoms with Crippen LogP contribution in [0.5, 0.6) is 5.75 Å². The molecule has 1 fully saturated rings. The lowest BCUT2D eigenvalue weighted by Gasteiger charge is -2.13. The molecule has 0 saturated carbocycles. The summed E-state index contributed by atoms with van der Waals surface area (Å²) in [6, 6.07) is 7.48. The van der Waals surface area contributed by atoms with Gasteiger partial charge in [-0.25, -0.2) is 8.42 Å². The van der Waals surface area contributed by atoms with Gasteiger partial charge >= 0.3 is 0 Å². The summed E-state index contributed by atoms with van der Waals surface area (Å²) < 4.78 is 28.2. The lowest BCUT2D eigenvalue weighted by atomic mass is 10.1. The molecule has 0 radical (unpaired) electrons. The maximum atomic E-state index is 11.3. The van der Waals surface area contributed by atoms with Crippen molar-refractivity contribution >= 4 is 9.84 Å². The number of hydrogen-bond donors (Lipinski definition) is 1. The fourth-order valence-corrected chi connectivity index (χ4v) is 3.49. The second-order valence-electron chi connectivity index (χ2n) is 4.50. The molecule has 5 heteroatoms. The van der Waals surface area contributed by atoms with Crippen LogP contribution in [0.4, 0.5) is 0 Å². The first kappa shape index (κ1) is 12.4. The maximum absolute atomic E-state index is 11.3. The van der Waals surface area contributed by atoms with Crippen molar-refractivity contribution in [2.45, 2.75) is 25.5 Å². The van der Waals surface area contributed by atoms with Crippen LogP contribution in [0.15, 0.2) is 24.3 Å². The summed E-state index contributed by atoms with van der Waals surface area (Å²) in [6.07, 6.45) is 0.373. The van der Waals surface area contributed by atoms with E-state index in [0.29, 0.717) is 12.2 Å². The Labute approximate surface area is 102 Å². The number of ether oxygens (including phenoxy) is 1. The lowest BCUT2D eigenvalue weighted by molar-refractivity contribution is 0.229.